The van der Waals surface area contributed by atoms with E-state index >= 15 is 0 Å². The SMILES string of the molecule is Nc1cc(Cl)c(C(=O)CBr)cc1F. The molecule has 1 aromatic rings. The van der Waals surface area contributed by atoms with Crippen molar-refractivity contribution in [3.8, 4) is 0 Å². The Bertz CT molecular complexity index is 356. The van der Waals surface area contributed by atoms with Crippen LogP contribution in [-0.4, -0.2) is 11.1 Å². The molecule has 2 N–H and O–H groups in total. The van der Waals surface area contributed by atoms with Crippen LogP contribution in [0.4, 0.5) is 10.1 Å². The zero-order valence-electron chi connectivity index (χ0n) is 6.48. The van der Waals surface area contributed by atoms with E-state index in [1.54, 1.807) is 0 Å². The van der Waals surface area contributed by atoms with Crippen molar-refractivity contribution >= 4 is 39.0 Å². The maximum atomic E-state index is 12.9. The van der Waals surface area contributed by atoms with Crippen LogP contribution >= 0.6 is 27.5 Å². The van der Waals surface area contributed by atoms with Crippen LogP contribution in [0.1, 0.15) is 10.4 Å². The number of anilines is 1. The summed E-state index contributed by atoms with van der Waals surface area (Å²) in [6.07, 6.45) is 0. The van der Waals surface area contributed by atoms with Gasteiger partial charge in [0.15, 0.2) is 5.78 Å². The molecular formula is C8H6BrClFNO. The minimum absolute atomic E-state index is 0.0591. The van der Waals surface area contributed by atoms with E-state index in [9.17, 15) is 9.18 Å². The fraction of sp³-hybridized carbons (Fsp3) is 0.125. The topological polar surface area (TPSA) is 43.1 Å². The molecule has 0 atom stereocenters. The summed E-state index contributed by atoms with van der Waals surface area (Å²) in [5.74, 6) is -0.905. The Hall–Kier alpha value is -0.610. The van der Waals surface area contributed by atoms with Gasteiger partial charge in [-0.3, -0.25) is 4.79 Å². The summed E-state index contributed by atoms with van der Waals surface area (Å²) >= 11 is 8.65. The Morgan fingerprint density at radius 1 is 1.62 bits per heavy atom. The smallest absolute Gasteiger partial charge is 0.174 e. The Morgan fingerprint density at radius 3 is 2.77 bits per heavy atom. The van der Waals surface area contributed by atoms with Gasteiger partial charge in [0, 0.05) is 5.56 Å². The molecular weight excluding hydrogens is 260 g/mol. The fourth-order valence-corrected chi connectivity index (χ4v) is 1.43. The molecule has 0 fully saturated rings. The van der Waals surface area contributed by atoms with E-state index in [-0.39, 0.29) is 27.4 Å². The van der Waals surface area contributed by atoms with Crippen LogP contribution in [0.25, 0.3) is 0 Å². The number of hydrogen-bond acceptors (Lipinski definition) is 2. The highest BCUT2D eigenvalue weighted by Crippen LogP contribution is 2.23. The largest absolute Gasteiger partial charge is 0.396 e. The molecule has 1 rings (SSSR count). The molecule has 0 aliphatic carbocycles. The number of halogens is 3. The summed E-state index contributed by atoms with van der Waals surface area (Å²) in [4.78, 5) is 11.2. The quantitative estimate of drug-likeness (QED) is 0.508. The number of nitrogen functional groups attached to an aromatic ring is 1. The molecule has 13 heavy (non-hydrogen) atoms. The zero-order valence-corrected chi connectivity index (χ0v) is 8.82. The number of ketones is 1. The second-order valence-corrected chi connectivity index (χ2v) is 3.38. The lowest BCUT2D eigenvalue weighted by atomic mass is 10.1. The van der Waals surface area contributed by atoms with E-state index in [0.29, 0.717) is 0 Å². The van der Waals surface area contributed by atoms with Crippen LogP contribution < -0.4 is 5.73 Å². The van der Waals surface area contributed by atoms with Gasteiger partial charge in [-0.2, -0.15) is 0 Å². The second kappa shape index (κ2) is 4.07. The number of carbonyl (C=O) groups excluding carboxylic acids is 1. The van der Waals surface area contributed by atoms with Crippen molar-refractivity contribution in [3.63, 3.8) is 0 Å². The van der Waals surface area contributed by atoms with Crippen LogP contribution in [0.5, 0.6) is 0 Å². The van der Waals surface area contributed by atoms with Crippen molar-refractivity contribution in [3.05, 3.63) is 28.5 Å². The van der Waals surface area contributed by atoms with Gasteiger partial charge < -0.3 is 5.73 Å². The third-order valence-electron chi connectivity index (χ3n) is 1.51. The Labute approximate surface area is 88.0 Å². The maximum Gasteiger partial charge on any atom is 0.174 e. The van der Waals surface area contributed by atoms with Crippen LogP contribution in [-0.2, 0) is 0 Å². The highest BCUT2D eigenvalue weighted by molar-refractivity contribution is 9.09. The maximum absolute atomic E-state index is 12.9. The second-order valence-electron chi connectivity index (χ2n) is 2.41. The van der Waals surface area contributed by atoms with Crippen molar-refractivity contribution in [1.82, 2.24) is 0 Å². The molecule has 0 unspecified atom stereocenters. The van der Waals surface area contributed by atoms with E-state index in [1.165, 1.54) is 6.07 Å². The highest BCUT2D eigenvalue weighted by atomic mass is 79.9. The molecule has 0 saturated heterocycles. The molecule has 0 saturated carbocycles. The number of hydrogen-bond donors (Lipinski definition) is 1. The summed E-state index contributed by atoms with van der Waals surface area (Å²) in [5.41, 5.74) is 5.33. The first kappa shape index (κ1) is 10.5. The first-order valence-electron chi connectivity index (χ1n) is 3.40. The highest BCUT2D eigenvalue weighted by Gasteiger charge is 2.12. The average Bonchev–Trinajstić information content (AvgIpc) is 2.10. The van der Waals surface area contributed by atoms with Gasteiger partial charge in [0.1, 0.15) is 5.82 Å². The standard InChI is InChI=1S/C8H6BrClFNO/c9-3-8(13)4-1-6(11)7(12)2-5(4)10/h1-2H,3,12H2. The molecule has 5 heteroatoms. The first-order chi connectivity index (χ1) is 6.06. The Morgan fingerprint density at radius 2 is 2.23 bits per heavy atom. The Balaban J connectivity index is 3.23. The molecule has 0 spiro atoms. The number of alkyl halides is 1. The summed E-state index contributed by atoms with van der Waals surface area (Å²) < 4.78 is 12.9. The van der Waals surface area contributed by atoms with E-state index in [4.69, 9.17) is 17.3 Å². The van der Waals surface area contributed by atoms with E-state index in [2.05, 4.69) is 15.9 Å². The van der Waals surface area contributed by atoms with E-state index in [1.807, 2.05) is 0 Å². The lowest BCUT2D eigenvalue weighted by Gasteiger charge is -2.03. The third kappa shape index (κ3) is 2.19. The van der Waals surface area contributed by atoms with E-state index < -0.39 is 5.82 Å². The van der Waals surface area contributed by atoms with Gasteiger partial charge in [-0.25, -0.2) is 4.39 Å². The minimum atomic E-state index is -0.631. The van der Waals surface area contributed by atoms with Crippen LogP contribution in [0, 0.1) is 5.82 Å². The van der Waals surface area contributed by atoms with Gasteiger partial charge in [-0.15, -0.1) is 0 Å². The van der Waals surface area contributed by atoms with Crippen molar-refractivity contribution in [2.45, 2.75) is 0 Å². The minimum Gasteiger partial charge on any atom is -0.396 e. The van der Waals surface area contributed by atoms with Crippen molar-refractivity contribution < 1.29 is 9.18 Å². The number of benzene rings is 1. The molecule has 0 bridgehead atoms. The van der Waals surface area contributed by atoms with Crippen LogP contribution in [0.2, 0.25) is 5.02 Å². The molecule has 0 aromatic heterocycles. The summed E-state index contributed by atoms with van der Waals surface area (Å²) in [5, 5.41) is 0.277. The van der Waals surface area contributed by atoms with Crippen LogP contribution in [0.3, 0.4) is 0 Å². The zero-order chi connectivity index (χ0) is 10.0. The average molecular weight is 266 g/mol. The molecule has 2 nitrogen and oxygen atoms in total. The van der Waals surface area contributed by atoms with Crippen molar-refractivity contribution in [1.29, 1.82) is 0 Å². The number of carbonyl (C=O) groups is 1. The lowest BCUT2D eigenvalue weighted by molar-refractivity contribution is 0.102. The monoisotopic (exact) mass is 265 g/mol. The molecule has 1 aromatic carbocycles. The predicted octanol–water partition coefficient (Wildman–Crippen LogP) is 2.64. The number of rotatable bonds is 2. The summed E-state index contributed by atoms with van der Waals surface area (Å²) in [7, 11) is 0. The predicted molar refractivity (Wildman–Crippen MR) is 53.9 cm³/mol. The van der Waals surface area contributed by atoms with Gasteiger partial charge in [-0.1, -0.05) is 27.5 Å². The summed E-state index contributed by atoms with van der Waals surface area (Å²) in [6, 6.07) is 2.27. The molecule has 0 radical (unpaired) electrons. The van der Waals surface area contributed by atoms with Gasteiger partial charge in [0.2, 0.25) is 0 Å². The molecule has 0 amide bonds. The van der Waals surface area contributed by atoms with Gasteiger partial charge >= 0.3 is 0 Å². The molecule has 0 aliphatic rings. The molecule has 0 heterocycles. The van der Waals surface area contributed by atoms with Gasteiger partial charge in [0.05, 0.1) is 16.0 Å². The van der Waals surface area contributed by atoms with Gasteiger partial charge in [-0.05, 0) is 12.1 Å². The summed E-state index contributed by atoms with van der Waals surface area (Å²) in [6.45, 7) is 0. The van der Waals surface area contributed by atoms with E-state index in [0.717, 1.165) is 6.07 Å². The van der Waals surface area contributed by atoms with Gasteiger partial charge in [0.25, 0.3) is 0 Å². The number of Topliss-reactive ketones (excluding diaryl/α,β-unsaturated/α-hetero) is 1. The molecule has 70 valence electrons. The Kier molecular flexibility index (Phi) is 3.27. The molecule has 0 aliphatic heterocycles. The first-order valence-corrected chi connectivity index (χ1v) is 4.90. The fourth-order valence-electron chi connectivity index (χ4n) is 0.848. The van der Waals surface area contributed by atoms with Crippen LogP contribution in [0.15, 0.2) is 12.1 Å². The van der Waals surface area contributed by atoms with Crippen molar-refractivity contribution in [2.24, 2.45) is 0 Å². The number of nitrogens with two attached hydrogens (primary N) is 1. The third-order valence-corrected chi connectivity index (χ3v) is 2.33. The van der Waals surface area contributed by atoms with Crippen molar-refractivity contribution in [2.75, 3.05) is 11.1 Å². The normalized spacial score (nSPS) is 10.1. The lowest BCUT2D eigenvalue weighted by Crippen LogP contribution is -2.03.